The van der Waals surface area contributed by atoms with Crippen molar-refractivity contribution in [1.29, 1.82) is 0 Å². The maximum absolute atomic E-state index is 4.84. The summed E-state index contributed by atoms with van der Waals surface area (Å²) in [5.41, 5.74) is 12.2. The summed E-state index contributed by atoms with van der Waals surface area (Å²) in [5, 5.41) is 10.6. The van der Waals surface area contributed by atoms with E-state index in [1.807, 2.05) is 29.3 Å². The van der Waals surface area contributed by atoms with Gasteiger partial charge in [-0.3, -0.25) is 4.98 Å². The molecule has 0 atom stereocenters. The Kier molecular flexibility index (Phi) is 6.32. The molecule has 0 aliphatic carbocycles. The Balaban J connectivity index is 0.00000124. The zero-order chi connectivity index (χ0) is 24.4. The van der Waals surface area contributed by atoms with Gasteiger partial charge in [-0.1, -0.05) is 49.4 Å². The second kappa shape index (κ2) is 9.56. The lowest BCUT2D eigenvalue weighted by atomic mass is 9.78. The van der Waals surface area contributed by atoms with Crippen molar-refractivity contribution < 1.29 is 0 Å². The molecule has 35 heavy (non-hydrogen) atoms. The summed E-state index contributed by atoms with van der Waals surface area (Å²) in [6, 6.07) is 17.2. The summed E-state index contributed by atoms with van der Waals surface area (Å²) in [6.45, 7) is 6.58. The molecule has 2 aromatic carbocycles. The van der Waals surface area contributed by atoms with Crippen molar-refractivity contribution in [2.75, 3.05) is 20.1 Å². The molecule has 3 N–H and O–H groups in total. The zero-order valence-corrected chi connectivity index (χ0v) is 20.6. The number of hydrogen-bond donors (Lipinski definition) is 2. The van der Waals surface area contributed by atoms with Crippen molar-refractivity contribution in [3.63, 3.8) is 0 Å². The summed E-state index contributed by atoms with van der Waals surface area (Å²) < 4.78 is 1.88. The number of hydrogen-bond acceptors (Lipinski definition) is 5. The smallest absolute Gasteiger partial charge is 0.162 e. The van der Waals surface area contributed by atoms with E-state index in [2.05, 4.69) is 78.5 Å². The van der Waals surface area contributed by atoms with Crippen LogP contribution in [-0.2, 0) is 5.41 Å². The van der Waals surface area contributed by atoms with Crippen LogP contribution in [-0.4, -0.2) is 39.7 Å². The molecule has 1 saturated heterocycles. The predicted molar refractivity (Wildman–Crippen MR) is 143 cm³/mol. The third kappa shape index (κ3) is 4.20. The molecular weight excluding hydrogens is 432 g/mol. The number of aromatic nitrogens is 4. The lowest BCUT2D eigenvalue weighted by Crippen LogP contribution is -2.38. The number of fused-ring (bicyclic) bond motifs is 2. The Morgan fingerprint density at radius 1 is 0.829 bits per heavy atom. The van der Waals surface area contributed by atoms with Gasteiger partial charge in [0.25, 0.3) is 0 Å². The highest BCUT2D eigenvalue weighted by Crippen LogP contribution is 2.34. The monoisotopic (exact) mass is 464 g/mol. The van der Waals surface area contributed by atoms with Crippen molar-refractivity contribution in [1.82, 2.24) is 24.9 Å². The van der Waals surface area contributed by atoms with Gasteiger partial charge in [0.2, 0.25) is 0 Å². The standard InChI is InChI=1S/C28H27N5.CH5N/c1-19-7-9-24(23-6-4-3-5-22(19)23)25-17-32-33-18-21(16-31-27(25)33)20-8-10-26(30-15-20)28(2)11-13-29-14-12-28;1-2/h3-10,15-18,29H,11-14H2,1-2H3;2H2,1H3. The lowest BCUT2D eigenvalue weighted by molar-refractivity contribution is 0.327. The molecule has 3 aromatic heterocycles. The summed E-state index contributed by atoms with van der Waals surface area (Å²) in [5.74, 6) is 0. The second-order valence-corrected chi connectivity index (χ2v) is 9.39. The molecule has 1 aliphatic heterocycles. The van der Waals surface area contributed by atoms with Gasteiger partial charge in [-0.15, -0.1) is 0 Å². The van der Waals surface area contributed by atoms with E-state index in [-0.39, 0.29) is 5.41 Å². The molecule has 0 spiro atoms. The Labute approximate surface area is 206 Å². The molecule has 6 nitrogen and oxygen atoms in total. The SMILES string of the molecule is CN.Cc1ccc(-c2cnn3cc(-c4ccc(C5(C)CCNCC5)nc4)cnc23)c2ccccc12. The molecule has 1 fully saturated rings. The lowest BCUT2D eigenvalue weighted by Gasteiger charge is -2.33. The molecule has 5 aromatic rings. The van der Waals surface area contributed by atoms with Crippen LogP contribution >= 0.6 is 0 Å². The minimum atomic E-state index is 0.152. The van der Waals surface area contributed by atoms with Gasteiger partial charge in [0, 0.05) is 46.4 Å². The number of nitrogens with zero attached hydrogens (tertiary/aromatic N) is 4. The second-order valence-electron chi connectivity index (χ2n) is 9.39. The highest BCUT2D eigenvalue weighted by atomic mass is 15.2. The van der Waals surface area contributed by atoms with Crippen LogP contribution in [0, 0.1) is 6.92 Å². The molecule has 6 rings (SSSR count). The zero-order valence-electron chi connectivity index (χ0n) is 20.6. The topological polar surface area (TPSA) is 81.1 Å². The molecule has 6 heteroatoms. The first-order chi connectivity index (χ1) is 17.1. The minimum Gasteiger partial charge on any atom is -0.333 e. The average molecular weight is 465 g/mol. The van der Waals surface area contributed by atoms with Crippen molar-refractivity contribution in [2.45, 2.75) is 32.1 Å². The molecule has 178 valence electrons. The fraction of sp³-hybridized carbons (Fsp3) is 0.276. The first-order valence-corrected chi connectivity index (χ1v) is 12.2. The Morgan fingerprint density at radius 2 is 1.57 bits per heavy atom. The normalized spacial score (nSPS) is 15.1. The third-order valence-corrected chi connectivity index (χ3v) is 7.21. The van der Waals surface area contributed by atoms with Crippen LogP contribution in [0.3, 0.4) is 0 Å². The van der Waals surface area contributed by atoms with Crippen molar-refractivity contribution >= 4 is 16.4 Å². The number of nitrogens with one attached hydrogen (secondary N) is 1. The van der Waals surface area contributed by atoms with Crippen LogP contribution in [0.15, 0.2) is 73.3 Å². The van der Waals surface area contributed by atoms with E-state index >= 15 is 0 Å². The molecule has 0 radical (unpaired) electrons. The number of piperidine rings is 1. The van der Waals surface area contributed by atoms with Gasteiger partial charge in [0.05, 0.1) is 6.20 Å². The van der Waals surface area contributed by atoms with Crippen molar-refractivity contribution in [2.24, 2.45) is 5.73 Å². The third-order valence-electron chi connectivity index (χ3n) is 7.21. The number of nitrogens with two attached hydrogens (primary N) is 1. The van der Waals surface area contributed by atoms with Gasteiger partial charge < -0.3 is 11.1 Å². The van der Waals surface area contributed by atoms with Crippen LogP contribution in [0.1, 0.15) is 31.0 Å². The number of rotatable bonds is 3. The van der Waals surface area contributed by atoms with Gasteiger partial charge >= 0.3 is 0 Å². The van der Waals surface area contributed by atoms with E-state index in [0.29, 0.717) is 0 Å². The van der Waals surface area contributed by atoms with E-state index in [4.69, 9.17) is 9.97 Å². The fourth-order valence-electron chi connectivity index (χ4n) is 5.05. The largest absolute Gasteiger partial charge is 0.333 e. The average Bonchev–Trinajstić information content (AvgIpc) is 3.34. The van der Waals surface area contributed by atoms with E-state index in [1.54, 1.807) is 0 Å². The molecule has 4 heterocycles. The first-order valence-electron chi connectivity index (χ1n) is 12.2. The van der Waals surface area contributed by atoms with Crippen LogP contribution in [0.4, 0.5) is 0 Å². The van der Waals surface area contributed by atoms with Gasteiger partial charge in [-0.2, -0.15) is 5.10 Å². The van der Waals surface area contributed by atoms with Crippen LogP contribution in [0.2, 0.25) is 0 Å². The van der Waals surface area contributed by atoms with Crippen LogP contribution < -0.4 is 11.1 Å². The van der Waals surface area contributed by atoms with Crippen LogP contribution in [0.5, 0.6) is 0 Å². The maximum atomic E-state index is 4.84. The van der Waals surface area contributed by atoms with Crippen molar-refractivity contribution in [3.05, 3.63) is 84.6 Å². The first kappa shape index (κ1) is 23.1. The van der Waals surface area contributed by atoms with E-state index < -0.39 is 0 Å². The molecule has 0 saturated carbocycles. The van der Waals surface area contributed by atoms with E-state index in [1.165, 1.54) is 29.1 Å². The summed E-state index contributed by atoms with van der Waals surface area (Å²) in [7, 11) is 1.50. The highest BCUT2D eigenvalue weighted by Gasteiger charge is 2.29. The molecule has 0 bridgehead atoms. The molecule has 1 aliphatic rings. The quantitative estimate of drug-likeness (QED) is 0.387. The minimum absolute atomic E-state index is 0.152. The summed E-state index contributed by atoms with van der Waals surface area (Å²) in [6.07, 6.45) is 10.1. The summed E-state index contributed by atoms with van der Waals surface area (Å²) >= 11 is 0. The van der Waals surface area contributed by atoms with E-state index in [9.17, 15) is 0 Å². The van der Waals surface area contributed by atoms with Gasteiger partial charge in [0.1, 0.15) is 0 Å². The number of pyridine rings is 1. The Morgan fingerprint density at radius 3 is 2.31 bits per heavy atom. The Hall–Kier alpha value is -3.61. The Bertz CT molecular complexity index is 1460. The predicted octanol–water partition coefficient (Wildman–Crippen LogP) is 5.14. The maximum Gasteiger partial charge on any atom is 0.162 e. The van der Waals surface area contributed by atoms with Gasteiger partial charge in [0.15, 0.2) is 5.65 Å². The highest BCUT2D eigenvalue weighted by molar-refractivity contribution is 6.01. The van der Waals surface area contributed by atoms with Crippen LogP contribution in [0.25, 0.3) is 38.7 Å². The number of aryl methyl sites for hydroxylation is 1. The molecular formula is C29H32N6. The molecule has 0 amide bonds. The summed E-state index contributed by atoms with van der Waals surface area (Å²) in [4.78, 5) is 9.65. The van der Waals surface area contributed by atoms with Crippen molar-refractivity contribution in [3.8, 4) is 22.3 Å². The van der Waals surface area contributed by atoms with Gasteiger partial charge in [-0.25, -0.2) is 9.50 Å². The fourth-order valence-corrected chi connectivity index (χ4v) is 5.05. The molecule has 0 unspecified atom stereocenters. The number of benzene rings is 2. The van der Waals surface area contributed by atoms with E-state index in [0.717, 1.165) is 53.8 Å². The van der Waals surface area contributed by atoms with Gasteiger partial charge in [-0.05, 0) is 67.9 Å².